The molecule has 1 atom stereocenters. The quantitative estimate of drug-likeness (QED) is 0.466. The van der Waals surface area contributed by atoms with Crippen LogP contribution in [0.3, 0.4) is 0 Å². The van der Waals surface area contributed by atoms with Gasteiger partial charge in [-0.1, -0.05) is 11.6 Å². The van der Waals surface area contributed by atoms with E-state index in [4.69, 9.17) is 0 Å². The van der Waals surface area contributed by atoms with Gasteiger partial charge in [-0.05, 0) is 25.2 Å². The zero-order valence-electron chi connectivity index (χ0n) is 6.10. The Hall–Kier alpha value is -0.590. The maximum atomic E-state index is 11.0. The Kier molecular flexibility index (Phi) is 1.37. The molecule has 0 aromatic carbocycles. The van der Waals surface area contributed by atoms with E-state index in [2.05, 4.69) is 6.08 Å². The maximum absolute atomic E-state index is 11.0. The third-order valence-electron chi connectivity index (χ3n) is 2.67. The lowest BCUT2D eigenvalue weighted by Gasteiger charge is -2.28. The molecule has 0 spiro atoms. The van der Waals surface area contributed by atoms with Crippen molar-refractivity contribution in [3.8, 4) is 0 Å². The van der Waals surface area contributed by atoms with Gasteiger partial charge in [0, 0.05) is 12.8 Å². The van der Waals surface area contributed by atoms with Gasteiger partial charge < -0.3 is 0 Å². The van der Waals surface area contributed by atoms with Gasteiger partial charge in [0.25, 0.3) is 0 Å². The highest BCUT2D eigenvalue weighted by Gasteiger charge is 2.26. The first-order valence-electron chi connectivity index (χ1n) is 4.07. The van der Waals surface area contributed by atoms with Crippen molar-refractivity contribution < 1.29 is 4.79 Å². The Morgan fingerprint density at radius 3 is 2.80 bits per heavy atom. The summed E-state index contributed by atoms with van der Waals surface area (Å²) in [7, 11) is 0. The molecule has 2 aliphatic rings. The van der Waals surface area contributed by atoms with Crippen molar-refractivity contribution in [3.05, 3.63) is 11.6 Å². The summed E-state index contributed by atoms with van der Waals surface area (Å²) in [5.41, 5.74) is 1.56. The summed E-state index contributed by atoms with van der Waals surface area (Å²) in [5.74, 6) is 1.23. The van der Waals surface area contributed by atoms with Gasteiger partial charge in [-0.25, -0.2) is 0 Å². The zero-order chi connectivity index (χ0) is 6.97. The minimum atomic E-state index is 0.432. The lowest BCUT2D eigenvalue weighted by atomic mass is 9.77. The van der Waals surface area contributed by atoms with Crippen LogP contribution in [0, 0.1) is 5.92 Å². The molecule has 1 nitrogen and oxygen atoms in total. The second-order valence-corrected chi connectivity index (χ2v) is 3.30. The molecule has 1 heteroatoms. The molecule has 0 aliphatic heterocycles. The van der Waals surface area contributed by atoms with Crippen molar-refractivity contribution in [1.29, 1.82) is 0 Å². The van der Waals surface area contributed by atoms with Gasteiger partial charge in [0.1, 0.15) is 5.78 Å². The number of allylic oxidation sites excluding steroid dienone is 2. The molecule has 0 radical (unpaired) electrons. The van der Waals surface area contributed by atoms with Crippen molar-refractivity contribution in [2.75, 3.05) is 0 Å². The molecule has 0 aromatic heterocycles. The Morgan fingerprint density at radius 2 is 2.10 bits per heavy atom. The van der Waals surface area contributed by atoms with Crippen LogP contribution in [0.2, 0.25) is 0 Å². The number of carbonyl (C=O) groups is 1. The molecule has 0 aromatic rings. The summed E-state index contributed by atoms with van der Waals surface area (Å²) in [4.78, 5) is 11.0. The van der Waals surface area contributed by atoms with Crippen LogP contribution in [0.4, 0.5) is 0 Å². The molecule has 2 rings (SSSR count). The first-order valence-corrected chi connectivity index (χ1v) is 4.07. The second kappa shape index (κ2) is 2.22. The first kappa shape index (κ1) is 6.14. The van der Waals surface area contributed by atoms with Crippen LogP contribution in [0.1, 0.15) is 32.1 Å². The number of Topliss-reactive ketones (excluding diaryl/α,β-unsaturated/α-hetero) is 1. The molecule has 0 heterocycles. The number of hydrogen-bond acceptors (Lipinski definition) is 1. The minimum Gasteiger partial charge on any atom is -0.299 e. The van der Waals surface area contributed by atoms with Crippen LogP contribution in [-0.4, -0.2) is 5.78 Å². The lowest BCUT2D eigenvalue weighted by Crippen LogP contribution is -2.14. The molecule has 0 saturated heterocycles. The van der Waals surface area contributed by atoms with Crippen molar-refractivity contribution in [2.24, 2.45) is 5.92 Å². The summed E-state index contributed by atoms with van der Waals surface area (Å²) in [6, 6.07) is 0. The van der Waals surface area contributed by atoms with Gasteiger partial charge in [0.05, 0.1) is 0 Å². The summed E-state index contributed by atoms with van der Waals surface area (Å²) >= 11 is 0. The summed E-state index contributed by atoms with van der Waals surface area (Å²) < 4.78 is 0. The van der Waals surface area contributed by atoms with Gasteiger partial charge in [-0.15, -0.1) is 0 Å². The van der Waals surface area contributed by atoms with Crippen LogP contribution < -0.4 is 0 Å². The summed E-state index contributed by atoms with van der Waals surface area (Å²) in [6.45, 7) is 0. The number of rotatable bonds is 0. The van der Waals surface area contributed by atoms with Crippen LogP contribution in [0.5, 0.6) is 0 Å². The van der Waals surface area contributed by atoms with Crippen molar-refractivity contribution in [2.45, 2.75) is 32.1 Å². The number of ketones is 1. The normalized spacial score (nSPS) is 31.8. The number of hydrogen-bond donors (Lipinski definition) is 0. The smallest absolute Gasteiger partial charge is 0.136 e. The van der Waals surface area contributed by atoms with E-state index in [1.54, 1.807) is 5.57 Å². The van der Waals surface area contributed by atoms with Crippen LogP contribution in [-0.2, 0) is 4.79 Å². The lowest BCUT2D eigenvalue weighted by molar-refractivity contribution is -0.118. The molecule has 0 unspecified atom stereocenters. The van der Waals surface area contributed by atoms with E-state index in [0.717, 1.165) is 18.8 Å². The fourth-order valence-corrected chi connectivity index (χ4v) is 1.80. The molecular formula is C9H12O. The molecule has 2 aliphatic carbocycles. The van der Waals surface area contributed by atoms with Crippen molar-refractivity contribution in [3.63, 3.8) is 0 Å². The highest BCUT2D eigenvalue weighted by molar-refractivity contribution is 5.80. The zero-order valence-corrected chi connectivity index (χ0v) is 6.10. The fraction of sp³-hybridized carbons (Fsp3) is 0.667. The number of carbonyl (C=O) groups excluding carboxylic acids is 1. The highest BCUT2D eigenvalue weighted by atomic mass is 16.1. The van der Waals surface area contributed by atoms with E-state index in [-0.39, 0.29) is 0 Å². The van der Waals surface area contributed by atoms with Gasteiger partial charge in [-0.2, -0.15) is 0 Å². The topological polar surface area (TPSA) is 17.1 Å². The number of fused-ring (bicyclic) bond motifs is 1. The van der Waals surface area contributed by atoms with Crippen molar-refractivity contribution in [1.82, 2.24) is 0 Å². The molecule has 10 heavy (non-hydrogen) atoms. The maximum Gasteiger partial charge on any atom is 0.136 e. The molecule has 54 valence electrons. The largest absolute Gasteiger partial charge is 0.299 e. The standard InChI is InChI=1S/C9H12O/c10-9-5-3-7-1-2-8(7)4-6-9/h3,8H,1-2,4-6H2/t8-/m0/s1. The Balaban J connectivity index is 2.11. The van der Waals surface area contributed by atoms with Crippen LogP contribution >= 0.6 is 0 Å². The van der Waals surface area contributed by atoms with E-state index in [9.17, 15) is 4.79 Å². The Bertz CT molecular complexity index is 191. The molecule has 0 bridgehead atoms. The highest BCUT2D eigenvalue weighted by Crippen LogP contribution is 2.38. The van der Waals surface area contributed by atoms with E-state index in [0.29, 0.717) is 12.2 Å². The van der Waals surface area contributed by atoms with Gasteiger partial charge in [-0.3, -0.25) is 4.79 Å². The molecule has 0 N–H and O–H groups in total. The molecule has 1 saturated carbocycles. The average molecular weight is 136 g/mol. The van der Waals surface area contributed by atoms with E-state index >= 15 is 0 Å². The van der Waals surface area contributed by atoms with Crippen molar-refractivity contribution >= 4 is 5.78 Å². The van der Waals surface area contributed by atoms with Crippen LogP contribution in [0.15, 0.2) is 11.6 Å². The first-order chi connectivity index (χ1) is 4.86. The summed E-state index contributed by atoms with van der Waals surface area (Å²) in [6.07, 6.45) is 7.42. The van der Waals surface area contributed by atoms with E-state index in [1.165, 1.54) is 12.8 Å². The molecule has 0 amide bonds. The predicted molar refractivity (Wildman–Crippen MR) is 39.7 cm³/mol. The Labute approximate surface area is 61.1 Å². The third kappa shape index (κ3) is 0.898. The summed E-state index contributed by atoms with van der Waals surface area (Å²) in [5, 5.41) is 0. The second-order valence-electron chi connectivity index (χ2n) is 3.30. The minimum absolute atomic E-state index is 0.432. The predicted octanol–water partition coefficient (Wildman–Crippen LogP) is 2.08. The van der Waals surface area contributed by atoms with Gasteiger partial charge in [0.15, 0.2) is 0 Å². The van der Waals surface area contributed by atoms with Gasteiger partial charge in [0.2, 0.25) is 0 Å². The average Bonchev–Trinajstić information content (AvgIpc) is 1.94. The SMILES string of the molecule is O=C1CC=C2CC[C@H]2CC1. The Morgan fingerprint density at radius 1 is 1.30 bits per heavy atom. The third-order valence-corrected chi connectivity index (χ3v) is 2.67. The van der Waals surface area contributed by atoms with E-state index in [1.807, 2.05) is 0 Å². The molecular weight excluding hydrogens is 124 g/mol. The van der Waals surface area contributed by atoms with Gasteiger partial charge >= 0.3 is 0 Å². The van der Waals surface area contributed by atoms with Crippen LogP contribution in [0.25, 0.3) is 0 Å². The fourth-order valence-electron chi connectivity index (χ4n) is 1.80. The van der Waals surface area contributed by atoms with E-state index < -0.39 is 0 Å². The molecule has 1 fully saturated rings. The monoisotopic (exact) mass is 136 g/mol.